The van der Waals surface area contributed by atoms with Gasteiger partial charge < -0.3 is 0 Å². The molecular formula is C31H27F3. The molecule has 0 radical (unpaired) electrons. The monoisotopic (exact) mass is 456 g/mol. The molecule has 0 fully saturated rings. The van der Waals surface area contributed by atoms with Crippen LogP contribution in [0, 0.1) is 36.2 Å². The fourth-order valence-electron chi connectivity index (χ4n) is 4.20. The molecule has 0 N–H and O–H groups in total. The largest absolute Gasteiger partial charge is 0.206 e. The molecular weight excluding hydrogens is 429 g/mol. The number of hydrogen-bond acceptors (Lipinski definition) is 0. The van der Waals surface area contributed by atoms with E-state index in [2.05, 4.69) is 24.8 Å². The van der Waals surface area contributed by atoms with E-state index in [4.69, 9.17) is 0 Å². The first kappa shape index (κ1) is 23.6. The van der Waals surface area contributed by atoms with Crippen LogP contribution in [-0.4, -0.2) is 0 Å². The van der Waals surface area contributed by atoms with Crippen LogP contribution >= 0.6 is 0 Å². The third kappa shape index (κ3) is 5.02. The Hall–Kier alpha value is -3.51. The average molecular weight is 457 g/mol. The molecule has 0 aliphatic carbocycles. The van der Waals surface area contributed by atoms with Crippen molar-refractivity contribution in [2.75, 3.05) is 0 Å². The number of rotatable bonds is 5. The molecule has 0 bridgehead atoms. The molecule has 0 aliphatic rings. The number of halogens is 3. The summed E-state index contributed by atoms with van der Waals surface area (Å²) in [7, 11) is 0. The van der Waals surface area contributed by atoms with E-state index in [9.17, 15) is 13.2 Å². The zero-order valence-electron chi connectivity index (χ0n) is 19.7. The van der Waals surface area contributed by atoms with Gasteiger partial charge in [-0.1, -0.05) is 74.1 Å². The normalized spacial score (nSPS) is 10.9. The maximum atomic E-state index is 14.9. The second-order valence-electron chi connectivity index (χ2n) is 8.70. The lowest BCUT2D eigenvalue weighted by atomic mass is 9.97. The van der Waals surface area contributed by atoms with Gasteiger partial charge in [0.1, 0.15) is 17.5 Å². The Morgan fingerprint density at radius 3 is 2.03 bits per heavy atom. The topological polar surface area (TPSA) is 0 Å². The number of aryl methyl sites for hydroxylation is 3. The van der Waals surface area contributed by atoms with E-state index in [1.807, 2.05) is 50.2 Å². The summed E-state index contributed by atoms with van der Waals surface area (Å²) in [6.07, 6.45) is 3.39. The summed E-state index contributed by atoms with van der Waals surface area (Å²) in [5.41, 5.74) is 3.83. The van der Waals surface area contributed by atoms with Crippen molar-refractivity contribution in [3.8, 4) is 23.0 Å². The van der Waals surface area contributed by atoms with Gasteiger partial charge in [-0.2, -0.15) is 0 Å². The first-order valence-corrected chi connectivity index (χ1v) is 11.7. The van der Waals surface area contributed by atoms with Crippen LogP contribution in [0.15, 0.2) is 60.7 Å². The van der Waals surface area contributed by atoms with Crippen LogP contribution in [0.1, 0.15) is 54.5 Å². The highest BCUT2D eigenvalue weighted by Crippen LogP contribution is 2.28. The Balaban J connectivity index is 1.69. The average Bonchev–Trinajstić information content (AvgIpc) is 2.82. The predicted octanol–water partition coefficient (Wildman–Crippen LogP) is 8.54. The lowest BCUT2D eigenvalue weighted by Crippen LogP contribution is -1.98. The summed E-state index contributed by atoms with van der Waals surface area (Å²) in [6.45, 7) is 6.03. The van der Waals surface area contributed by atoms with Crippen molar-refractivity contribution in [2.45, 2.75) is 46.5 Å². The van der Waals surface area contributed by atoms with Gasteiger partial charge in [0, 0.05) is 0 Å². The third-order valence-electron chi connectivity index (χ3n) is 6.12. The maximum Gasteiger partial charge on any atom is 0.142 e. The molecule has 34 heavy (non-hydrogen) atoms. The van der Waals surface area contributed by atoms with E-state index in [-0.39, 0.29) is 11.1 Å². The van der Waals surface area contributed by atoms with Crippen LogP contribution < -0.4 is 0 Å². The Morgan fingerprint density at radius 2 is 1.32 bits per heavy atom. The zero-order valence-corrected chi connectivity index (χ0v) is 19.7. The van der Waals surface area contributed by atoms with Crippen LogP contribution in [0.3, 0.4) is 0 Å². The summed E-state index contributed by atoms with van der Waals surface area (Å²) >= 11 is 0. The first-order valence-electron chi connectivity index (χ1n) is 11.7. The van der Waals surface area contributed by atoms with Crippen molar-refractivity contribution in [3.05, 3.63) is 106 Å². The van der Waals surface area contributed by atoms with Gasteiger partial charge in [0.15, 0.2) is 0 Å². The van der Waals surface area contributed by atoms with Crippen molar-refractivity contribution in [2.24, 2.45) is 0 Å². The zero-order chi connectivity index (χ0) is 24.2. The lowest BCUT2D eigenvalue weighted by molar-refractivity contribution is 0.578. The molecule has 0 heterocycles. The van der Waals surface area contributed by atoms with Crippen LogP contribution in [0.2, 0.25) is 0 Å². The number of hydrogen-bond donors (Lipinski definition) is 0. The molecule has 0 atom stereocenters. The van der Waals surface area contributed by atoms with Crippen molar-refractivity contribution >= 4 is 10.8 Å². The van der Waals surface area contributed by atoms with Gasteiger partial charge in [-0.25, -0.2) is 13.2 Å². The van der Waals surface area contributed by atoms with E-state index < -0.39 is 17.5 Å². The smallest absolute Gasteiger partial charge is 0.142 e. The minimum Gasteiger partial charge on any atom is -0.206 e. The summed E-state index contributed by atoms with van der Waals surface area (Å²) in [6, 6.07) is 17.8. The number of benzene rings is 4. The molecule has 4 aromatic carbocycles. The molecule has 4 rings (SSSR count). The quantitative estimate of drug-likeness (QED) is 0.264. The molecule has 0 saturated heterocycles. The highest BCUT2D eigenvalue weighted by atomic mass is 19.1. The Labute approximate surface area is 199 Å². The first-order chi connectivity index (χ1) is 16.4. The molecule has 0 aromatic heterocycles. The third-order valence-corrected chi connectivity index (χ3v) is 6.12. The second-order valence-corrected chi connectivity index (χ2v) is 8.70. The SMILES string of the molecule is CCCCc1cc(F)c(C#Cc2c(F)cc(-c3ccc4cc(C)ccc4c3)cc2F)c(CC)c1. The highest BCUT2D eigenvalue weighted by Gasteiger charge is 2.13. The molecule has 3 heteroatoms. The van der Waals surface area contributed by atoms with Gasteiger partial charge in [-0.3, -0.25) is 0 Å². The van der Waals surface area contributed by atoms with Gasteiger partial charge >= 0.3 is 0 Å². The summed E-state index contributed by atoms with van der Waals surface area (Å²) < 4.78 is 44.6. The fourth-order valence-corrected chi connectivity index (χ4v) is 4.20. The number of fused-ring (bicyclic) bond motifs is 1. The maximum absolute atomic E-state index is 14.9. The van der Waals surface area contributed by atoms with E-state index in [0.717, 1.165) is 52.3 Å². The summed E-state index contributed by atoms with van der Waals surface area (Å²) in [4.78, 5) is 0. The Bertz CT molecular complexity index is 1400. The van der Waals surface area contributed by atoms with Gasteiger partial charge in [0.25, 0.3) is 0 Å². The minimum absolute atomic E-state index is 0.204. The van der Waals surface area contributed by atoms with E-state index in [1.165, 1.54) is 18.2 Å². The van der Waals surface area contributed by atoms with Crippen LogP contribution in [0.4, 0.5) is 13.2 Å². The summed E-state index contributed by atoms with van der Waals surface area (Å²) in [5.74, 6) is 3.29. The Kier molecular flexibility index (Phi) is 7.08. The Morgan fingerprint density at radius 1 is 0.676 bits per heavy atom. The second kappa shape index (κ2) is 10.2. The highest BCUT2D eigenvalue weighted by molar-refractivity contribution is 5.88. The predicted molar refractivity (Wildman–Crippen MR) is 134 cm³/mol. The van der Waals surface area contributed by atoms with Crippen LogP contribution in [0.25, 0.3) is 21.9 Å². The standard InChI is InChI=1S/C31H27F3/c1-4-6-7-21-15-22(5-2)27(29(32)16-21)12-13-28-30(33)18-26(19-31(28)34)25-11-10-23-14-20(3)8-9-24(23)17-25/h8-11,14-19H,4-7H2,1-3H3. The van der Waals surface area contributed by atoms with Crippen molar-refractivity contribution < 1.29 is 13.2 Å². The molecule has 4 aromatic rings. The summed E-state index contributed by atoms with van der Waals surface area (Å²) in [5, 5.41) is 2.07. The molecule has 0 aliphatic heterocycles. The van der Waals surface area contributed by atoms with Gasteiger partial charge in [-0.15, -0.1) is 0 Å². The van der Waals surface area contributed by atoms with Crippen molar-refractivity contribution in [3.63, 3.8) is 0 Å². The van der Waals surface area contributed by atoms with Crippen molar-refractivity contribution in [1.29, 1.82) is 0 Å². The van der Waals surface area contributed by atoms with Gasteiger partial charge in [0.05, 0.1) is 11.1 Å². The molecule has 0 spiro atoms. The van der Waals surface area contributed by atoms with Crippen LogP contribution in [-0.2, 0) is 12.8 Å². The fraction of sp³-hybridized carbons (Fsp3) is 0.226. The molecule has 0 nitrogen and oxygen atoms in total. The van der Waals surface area contributed by atoms with Gasteiger partial charge in [-0.05, 0) is 83.5 Å². The van der Waals surface area contributed by atoms with E-state index >= 15 is 0 Å². The molecule has 172 valence electrons. The van der Waals surface area contributed by atoms with Crippen molar-refractivity contribution in [1.82, 2.24) is 0 Å². The molecule has 0 unspecified atom stereocenters. The molecule has 0 amide bonds. The van der Waals surface area contributed by atoms with E-state index in [1.54, 1.807) is 0 Å². The van der Waals surface area contributed by atoms with Crippen LogP contribution in [0.5, 0.6) is 0 Å². The lowest BCUT2D eigenvalue weighted by Gasteiger charge is -2.08. The molecule has 0 saturated carbocycles. The minimum atomic E-state index is -0.760. The van der Waals surface area contributed by atoms with Gasteiger partial charge in [0.2, 0.25) is 0 Å². The van der Waals surface area contributed by atoms with E-state index in [0.29, 0.717) is 12.0 Å². The number of unbranched alkanes of at least 4 members (excludes halogenated alkanes) is 1.